The molecule has 4 heterocycles. The molecular formula is C30H30F2N4O4. The summed E-state index contributed by atoms with van der Waals surface area (Å²) in [4.78, 5) is 23.2. The molecule has 40 heavy (non-hydrogen) atoms. The van der Waals surface area contributed by atoms with E-state index in [4.69, 9.17) is 14.5 Å². The van der Waals surface area contributed by atoms with E-state index in [1.54, 1.807) is 24.4 Å². The number of hydrogen-bond acceptors (Lipinski definition) is 6. The number of rotatable bonds is 9. The predicted molar refractivity (Wildman–Crippen MR) is 143 cm³/mol. The monoisotopic (exact) mass is 548 g/mol. The normalized spacial score (nSPS) is 18.1. The maximum absolute atomic E-state index is 14.1. The summed E-state index contributed by atoms with van der Waals surface area (Å²) < 4.78 is 41.0. The van der Waals surface area contributed by atoms with E-state index in [0.717, 1.165) is 67.4 Å². The SMILES string of the molecule is O=C(O)c1ccc2nc(CN3CCC(c4cccnc4OCc4ccc(F)cc4F)CC3)n(C[C@@H]3CCO3)c2c1. The number of benzene rings is 2. The highest BCUT2D eigenvalue weighted by Gasteiger charge is 2.27. The minimum absolute atomic E-state index is 0.0283. The highest BCUT2D eigenvalue weighted by Crippen LogP contribution is 2.34. The van der Waals surface area contributed by atoms with Crippen LogP contribution in [0.15, 0.2) is 54.7 Å². The molecule has 0 radical (unpaired) electrons. The van der Waals surface area contributed by atoms with Crippen molar-refractivity contribution in [1.82, 2.24) is 19.4 Å². The number of hydrogen-bond donors (Lipinski definition) is 1. The van der Waals surface area contributed by atoms with Gasteiger partial charge in [0.25, 0.3) is 0 Å². The van der Waals surface area contributed by atoms with Crippen molar-refractivity contribution in [1.29, 1.82) is 0 Å². The maximum Gasteiger partial charge on any atom is 0.335 e. The highest BCUT2D eigenvalue weighted by molar-refractivity contribution is 5.92. The number of fused-ring (bicyclic) bond motifs is 1. The van der Waals surface area contributed by atoms with E-state index in [2.05, 4.69) is 14.5 Å². The predicted octanol–water partition coefficient (Wildman–Crippen LogP) is 5.16. The van der Waals surface area contributed by atoms with E-state index in [-0.39, 0.29) is 29.8 Å². The summed E-state index contributed by atoms with van der Waals surface area (Å²) in [5.74, 6) is -0.610. The van der Waals surface area contributed by atoms with Gasteiger partial charge in [-0.05, 0) is 74.7 Å². The molecule has 0 spiro atoms. The summed E-state index contributed by atoms with van der Waals surface area (Å²) >= 11 is 0. The summed E-state index contributed by atoms with van der Waals surface area (Å²) in [7, 11) is 0. The zero-order chi connectivity index (χ0) is 27.6. The van der Waals surface area contributed by atoms with Gasteiger partial charge in [-0.2, -0.15) is 0 Å². The second-order valence-electron chi connectivity index (χ2n) is 10.4. The maximum atomic E-state index is 14.1. The number of pyridine rings is 1. The molecule has 2 aliphatic heterocycles. The Labute approximate surface area is 230 Å². The summed E-state index contributed by atoms with van der Waals surface area (Å²) in [6, 6.07) is 12.4. The molecule has 0 aliphatic carbocycles. The molecule has 0 bridgehead atoms. The van der Waals surface area contributed by atoms with E-state index in [0.29, 0.717) is 19.0 Å². The van der Waals surface area contributed by atoms with Gasteiger partial charge < -0.3 is 19.1 Å². The van der Waals surface area contributed by atoms with Crippen LogP contribution in [0, 0.1) is 11.6 Å². The number of carbonyl (C=O) groups is 1. The molecule has 2 fully saturated rings. The lowest BCUT2D eigenvalue weighted by atomic mass is 9.90. The van der Waals surface area contributed by atoms with E-state index in [9.17, 15) is 18.7 Å². The first kappa shape index (κ1) is 26.3. The molecule has 1 N–H and O–H groups in total. The first-order valence-corrected chi connectivity index (χ1v) is 13.5. The summed E-state index contributed by atoms with van der Waals surface area (Å²) in [5, 5.41) is 9.49. The first-order valence-electron chi connectivity index (χ1n) is 13.5. The molecule has 0 saturated carbocycles. The summed E-state index contributed by atoms with van der Waals surface area (Å²) in [6.07, 6.45) is 4.53. The van der Waals surface area contributed by atoms with Crippen LogP contribution < -0.4 is 4.74 Å². The van der Waals surface area contributed by atoms with Crippen molar-refractivity contribution in [3.8, 4) is 5.88 Å². The Balaban J connectivity index is 1.14. The Bertz CT molecular complexity index is 1530. The second kappa shape index (κ2) is 11.3. The van der Waals surface area contributed by atoms with Crippen LogP contribution in [0.3, 0.4) is 0 Å². The third-order valence-corrected chi connectivity index (χ3v) is 7.83. The molecule has 2 aromatic heterocycles. The van der Waals surface area contributed by atoms with Crippen molar-refractivity contribution >= 4 is 17.0 Å². The number of likely N-dealkylation sites (tertiary alicyclic amines) is 1. The minimum atomic E-state index is -0.959. The van der Waals surface area contributed by atoms with Gasteiger partial charge in [-0.3, -0.25) is 4.90 Å². The average molecular weight is 549 g/mol. The number of piperidine rings is 1. The van der Waals surface area contributed by atoms with E-state index in [1.807, 2.05) is 12.1 Å². The zero-order valence-corrected chi connectivity index (χ0v) is 21.9. The lowest BCUT2D eigenvalue weighted by Gasteiger charge is -2.33. The van der Waals surface area contributed by atoms with Gasteiger partial charge >= 0.3 is 5.97 Å². The Morgan fingerprint density at radius 2 is 1.93 bits per heavy atom. The largest absolute Gasteiger partial charge is 0.478 e. The molecule has 4 aromatic rings. The topological polar surface area (TPSA) is 89.7 Å². The van der Waals surface area contributed by atoms with Crippen LogP contribution in [0.1, 0.15) is 52.5 Å². The van der Waals surface area contributed by atoms with Crippen LogP contribution in [0.4, 0.5) is 8.78 Å². The van der Waals surface area contributed by atoms with Gasteiger partial charge in [0.2, 0.25) is 5.88 Å². The molecular weight excluding hydrogens is 518 g/mol. The molecule has 6 rings (SSSR count). The van der Waals surface area contributed by atoms with Gasteiger partial charge in [0, 0.05) is 30.0 Å². The van der Waals surface area contributed by atoms with E-state index in [1.165, 1.54) is 12.1 Å². The lowest BCUT2D eigenvalue weighted by molar-refractivity contribution is -0.0592. The quantitative estimate of drug-likeness (QED) is 0.309. The fraction of sp³-hybridized carbons (Fsp3) is 0.367. The minimum Gasteiger partial charge on any atom is -0.478 e. The van der Waals surface area contributed by atoms with Crippen LogP contribution >= 0.6 is 0 Å². The van der Waals surface area contributed by atoms with E-state index < -0.39 is 17.6 Å². The van der Waals surface area contributed by atoms with Crippen molar-refractivity contribution in [2.24, 2.45) is 0 Å². The molecule has 0 unspecified atom stereocenters. The van der Waals surface area contributed by atoms with Crippen molar-refractivity contribution in [3.63, 3.8) is 0 Å². The lowest BCUT2D eigenvalue weighted by Crippen LogP contribution is -2.35. The number of ether oxygens (including phenoxy) is 2. The van der Waals surface area contributed by atoms with Crippen LogP contribution in [0.5, 0.6) is 5.88 Å². The average Bonchev–Trinajstić information content (AvgIpc) is 3.26. The Kier molecular flexibility index (Phi) is 7.44. The number of imidazole rings is 1. The molecule has 2 saturated heterocycles. The van der Waals surface area contributed by atoms with Gasteiger partial charge in [-0.15, -0.1) is 0 Å². The first-order chi connectivity index (χ1) is 19.4. The van der Waals surface area contributed by atoms with Crippen LogP contribution in [0.25, 0.3) is 11.0 Å². The molecule has 8 nitrogen and oxygen atoms in total. The number of aromatic nitrogens is 3. The Morgan fingerprint density at radius 1 is 1.10 bits per heavy atom. The summed E-state index contributed by atoms with van der Waals surface area (Å²) in [5.41, 5.74) is 3.10. The third kappa shape index (κ3) is 5.55. The molecule has 0 amide bonds. The number of aromatic carboxylic acids is 1. The Hall–Kier alpha value is -3.89. The second-order valence-corrected chi connectivity index (χ2v) is 10.4. The number of nitrogens with zero attached hydrogens (tertiary/aromatic N) is 4. The van der Waals surface area contributed by atoms with Crippen molar-refractivity contribution in [2.45, 2.75) is 51.0 Å². The van der Waals surface area contributed by atoms with Crippen LogP contribution in [-0.4, -0.2) is 56.3 Å². The fourth-order valence-electron chi connectivity index (χ4n) is 5.48. The van der Waals surface area contributed by atoms with Crippen molar-refractivity contribution in [2.75, 3.05) is 19.7 Å². The number of carboxylic acids is 1. The van der Waals surface area contributed by atoms with Crippen molar-refractivity contribution in [3.05, 3.63) is 88.9 Å². The standard InChI is InChI=1S/C30H30F2N4O4/c31-22-5-3-21(25(32)15-22)18-40-29-24(2-1-10-33-29)19-7-11-35(12-8-19)17-28-34-26-6-4-20(30(37)38)14-27(26)36(28)16-23-9-13-39-23/h1-6,10,14-15,19,23H,7-9,11-13,16-18H2,(H,37,38)/t23-/m0/s1. The molecule has 2 aromatic carbocycles. The number of carboxylic acid groups (broad SMARTS) is 1. The van der Waals surface area contributed by atoms with Gasteiger partial charge in [0.15, 0.2) is 0 Å². The highest BCUT2D eigenvalue weighted by atomic mass is 19.1. The van der Waals surface area contributed by atoms with Gasteiger partial charge in [-0.25, -0.2) is 23.5 Å². The van der Waals surface area contributed by atoms with Crippen molar-refractivity contribution < 1.29 is 28.2 Å². The molecule has 10 heteroatoms. The molecule has 1 atom stereocenters. The summed E-state index contributed by atoms with van der Waals surface area (Å²) in [6.45, 7) is 3.70. The van der Waals surface area contributed by atoms with Gasteiger partial charge in [0.1, 0.15) is 24.1 Å². The van der Waals surface area contributed by atoms with Gasteiger partial charge in [0.05, 0.1) is 35.8 Å². The third-order valence-electron chi connectivity index (χ3n) is 7.83. The van der Waals surface area contributed by atoms with Crippen LogP contribution in [-0.2, 0) is 24.4 Å². The number of halogens is 2. The van der Waals surface area contributed by atoms with Gasteiger partial charge in [-0.1, -0.05) is 6.07 Å². The Morgan fingerprint density at radius 3 is 2.65 bits per heavy atom. The molecule has 208 valence electrons. The smallest absolute Gasteiger partial charge is 0.335 e. The zero-order valence-electron chi connectivity index (χ0n) is 21.9. The van der Waals surface area contributed by atoms with Crippen LogP contribution in [0.2, 0.25) is 0 Å². The fourth-order valence-corrected chi connectivity index (χ4v) is 5.48. The van der Waals surface area contributed by atoms with E-state index >= 15 is 0 Å². The molecule has 2 aliphatic rings.